The minimum absolute atomic E-state index is 0.00226. The summed E-state index contributed by atoms with van der Waals surface area (Å²) in [7, 11) is 1.53. The Hall–Kier alpha value is -4.09. The summed E-state index contributed by atoms with van der Waals surface area (Å²) in [6.07, 6.45) is 0. The molecule has 0 aliphatic carbocycles. The predicted octanol–water partition coefficient (Wildman–Crippen LogP) is 2.76. The molecule has 0 atom stereocenters. The number of benzene rings is 2. The van der Waals surface area contributed by atoms with Crippen molar-refractivity contribution in [3.8, 4) is 11.8 Å². The molecule has 0 saturated heterocycles. The molecular weight excluding hydrogens is 416 g/mol. The van der Waals surface area contributed by atoms with Crippen LogP contribution in [-0.4, -0.2) is 20.3 Å². The van der Waals surface area contributed by atoms with Crippen molar-refractivity contribution >= 4 is 34.1 Å². The predicted molar refractivity (Wildman–Crippen MR) is 118 cm³/mol. The third-order valence-electron chi connectivity index (χ3n) is 4.92. The van der Waals surface area contributed by atoms with E-state index in [1.165, 1.54) is 16.3 Å². The number of nitrogen functional groups attached to an aromatic ring is 1. The van der Waals surface area contributed by atoms with Crippen molar-refractivity contribution in [2.24, 2.45) is 7.05 Å². The number of fused-ring (bicyclic) bond motifs is 1. The summed E-state index contributed by atoms with van der Waals surface area (Å²) in [4.78, 5) is 26.1. The summed E-state index contributed by atoms with van der Waals surface area (Å²) in [5.41, 5.74) is 6.75. The first-order valence-corrected chi connectivity index (χ1v) is 9.69. The van der Waals surface area contributed by atoms with E-state index in [0.717, 1.165) is 0 Å². The van der Waals surface area contributed by atoms with E-state index in [1.807, 2.05) is 24.3 Å². The molecule has 0 unspecified atom stereocenters. The Balaban J connectivity index is 1.80. The molecule has 0 spiro atoms. The van der Waals surface area contributed by atoms with Gasteiger partial charge in [-0.1, -0.05) is 41.9 Å². The lowest BCUT2D eigenvalue weighted by atomic mass is 10.1. The number of aromatic nitrogens is 3. The van der Waals surface area contributed by atoms with Crippen LogP contribution >= 0.6 is 11.6 Å². The van der Waals surface area contributed by atoms with Crippen LogP contribution in [0, 0.1) is 11.3 Å². The molecule has 2 aromatic carbocycles. The van der Waals surface area contributed by atoms with Gasteiger partial charge < -0.3 is 11.1 Å². The molecule has 2 heterocycles. The second-order valence-electron chi connectivity index (χ2n) is 6.84. The van der Waals surface area contributed by atoms with Gasteiger partial charge >= 0.3 is 0 Å². The minimum atomic E-state index is -0.555. The van der Waals surface area contributed by atoms with Gasteiger partial charge in [0.1, 0.15) is 11.6 Å². The molecule has 4 rings (SSSR count). The van der Waals surface area contributed by atoms with Crippen molar-refractivity contribution in [3.05, 3.63) is 86.9 Å². The maximum Gasteiger partial charge on any atom is 0.264 e. The number of amides is 1. The molecule has 31 heavy (non-hydrogen) atoms. The molecule has 0 radical (unpaired) electrons. The summed E-state index contributed by atoms with van der Waals surface area (Å²) < 4.78 is 2.76. The Morgan fingerprint density at radius 3 is 2.68 bits per heavy atom. The molecule has 0 bridgehead atoms. The first-order chi connectivity index (χ1) is 14.9. The normalized spacial score (nSPS) is 10.7. The maximum atomic E-state index is 13.3. The first-order valence-electron chi connectivity index (χ1n) is 9.31. The van der Waals surface area contributed by atoms with E-state index >= 15 is 0 Å². The molecule has 9 heteroatoms. The van der Waals surface area contributed by atoms with Crippen LogP contribution in [0.3, 0.4) is 0 Å². The Kier molecular flexibility index (Phi) is 5.19. The number of aryl methyl sites for hydroxylation is 1. The number of hydrogen-bond acceptors (Lipinski definition) is 5. The molecule has 1 amide bonds. The molecule has 0 aliphatic heterocycles. The number of nitrogens with zero attached hydrogens (tertiary/aromatic N) is 4. The van der Waals surface area contributed by atoms with E-state index < -0.39 is 5.91 Å². The Labute approximate surface area is 182 Å². The molecule has 2 aromatic heterocycles. The molecule has 8 nitrogen and oxygen atoms in total. The quantitative estimate of drug-likeness (QED) is 0.514. The second-order valence-corrected chi connectivity index (χ2v) is 7.25. The average molecular weight is 433 g/mol. The van der Waals surface area contributed by atoms with Gasteiger partial charge in [0.2, 0.25) is 0 Å². The number of nitrogens with one attached hydrogen (secondary N) is 1. The van der Waals surface area contributed by atoms with E-state index in [2.05, 4.69) is 10.4 Å². The molecule has 4 aromatic rings. The summed E-state index contributed by atoms with van der Waals surface area (Å²) in [5.74, 6) is -0.595. The van der Waals surface area contributed by atoms with Crippen molar-refractivity contribution in [1.29, 1.82) is 5.26 Å². The van der Waals surface area contributed by atoms with Crippen molar-refractivity contribution < 1.29 is 4.79 Å². The van der Waals surface area contributed by atoms with Crippen LogP contribution in [0.25, 0.3) is 16.5 Å². The van der Waals surface area contributed by atoms with Crippen LogP contribution < -0.4 is 16.6 Å². The molecule has 0 fully saturated rings. The number of nitriles is 1. The number of carbonyl (C=O) groups excluding carboxylic acids is 1. The Morgan fingerprint density at radius 2 is 1.97 bits per heavy atom. The fraction of sp³-hybridized carbons (Fsp3) is 0.0909. The third kappa shape index (κ3) is 3.52. The van der Waals surface area contributed by atoms with E-state index in [1.54, 1.807) is 36.4 Å². The summed E-state index contributed by atoms with van der Waals surface area (Å²) >= 11 is 6.30. The lowest BCUT2D eigenvalue weighted by Gasteiger charge is -2.16. The van der Waals surface area contributed by atoms with Crippen LogP contribution in [0.1, 0.15) is 21.7 Å². The highest BCUT2D eigenvalue weighted by atomic mass is 35.5. The lowest BCUT2D eigenvalue weighted by molar-refractivity contribution is 0.0950. The van der Waals surface area contributed by atoms with E-state index in [0.29, 0.717) is 27.2 Å². The van der Waals surface area contributed by atoms with Crippen LogP contribution in [0.15, 0.2) is 59.4 Å². The highest BCUT2D eigenvalue weighted by Crippen LogP contribution is 2.23. The highest BCUT2D eigenvalue weighted by molar-refractivity contribution is 6.35. The van der Waals surface area contributed by atoms with Gasteiger partial charge in [0, 0.05) is 18.4 Å². The third-order valence-corrected chi connectivity index (χ3v) is 5.24. The zero-order valence-electron chi connectivity index (χ0n) is 16.5. The second kappa shape index (κ2) is 7.97. The molecule has 0 aliphatic rings. The Bertz CT molecular complexity index is 1420. The molecular formula is C22H17ClN6O2. The fourth-order valence-electron chi connectivity index (χ4n) is 3.52. The monoisotopic (exact) mass is 432 g/mol. The number of carbonyl (C=O) groups is 1. The number of rotatable bonds is 4. The van der Waals surface area contributed by atoms with Gasteiger partial charge in [-0.05, 0) is 29.7 Å². The standard InChI is InChI=1S/C22H17ClN6O2/c1-28-17(11-24)19(20(25)27-28)21(30)26-12-15-10-13-6-5-9-16(23)18(13)22(31)29(15)14-7-3-2-4-8-14/h2-10H,12H2,1H3,(H2,25,27)(H,26,30). The van der Waals surface area contributed by atoms with Gasteiger partial charge in [0.25, 0.3) is 11.5 Å². The van der Waals surface area contributed by atoms with Crippen LogP contribution in [0.5, 0.6) is 0 Å². The SMILES string of the molecule is Cn1nc(N)c(C(=O)NCc2cc3cccc(Cl)c3c(=O)n2-c2ccccc2)c1C#N. The Morgan fingerprint density at radius 1 is 1.23 bits per heavy atom. The number of hydrogen-bond donors (Lipinski definition) is 2. The molecule has 154 valence electrons. The number of halogens is 1. The number of nitrogens with two attached hydrogens (primary N) is 1. The first kappa shape index (κ1) is 20.2. The van der Waals surface area contributed by atoms with Crippen molar-refractivity contribution in [3.63, 3.8) is 0 Å². The number of anilines is 1. The minimum Gasteiger partial charge on any atom is -0.382 e. The molecule has 0 saturated carbocycles. The van der Waals surface area contributed by atoms with Gasteiger partial charge in [0.15, 0.2) is 11.5 Å². The van der Waals surface area contributed by atoms with Crippen molar-refractivity contribution in [2.45, 2.75) is 6.54 Å². The van der Waals surface area contributed by atoms with Gasteiger partial charge in [0.05, 0.1) is 17.0 Å². The largest absolute Gasteiger partial charge is 0.382 e. The van der Waals surface area contributed by atoms with Gasteiger partial charge in [-0.2, -0.15) is 10.4 Å². The topological polar surface area (TPSA) is 119 Å². The highest BCUT2D eigenvalue weighted by Gasteiger charge is 2.21. The average Bonchev–Trinajstić information content (AvgIpc) is 3.05. The van der Waals surface area contributed by atoms with Gasteiger partial charge in [-0.3, -0.25) is 18.8 Å². The maximum absolute atomic E-state index is 13.3. The van der Waals surface area contributed by atoms with Crippen LogP contribution in [-0.2, 0) is 13.6 Å². The van der Waals surface area contributed by atoms with Crippen molar-refractivity contribution in [2.75, 3.05) is 5.73 Å². The van der Waals surface area contributed by atoms with Crippen LogP contribution in [0.2, 0.25) is 5.02 Å². The van der Waals surface area contributed by atoms with E-state index in [4.69, 9.17) is 17.3 Å². The summed E-state index contributed by atoms with van der Waals surface area (Å²) in [5, 5.41) is 17.4. The zero-order chi connectivity index (χ0) is 22.1. The van der Waals surface area contributed by atoms with Gasteiger partial charge in [-0.15, -0.1) is 0 Å². The number of pyridine rings is 1. The number of para-hydroxylation sites is 1. The van der Waals surface area contributed by atoms with Crippen molar-refractivity contribution in [1.82, 2.24) is 19.7 Å². The molecule has 3 N–H and O–H groups in total. The smallest absolute Gasteiger partial charge is 0.264 e. The zero-order valence-corrected chi connectivity index (χ0v) is 17.2. The fourth-order valence-corrected chi connectivity index (χ4v) is 3.78. The lowest BCUT2D eigenvalue weighted by Crippen LogP contribution is -2.29. The van der Waals surface area contributed by atoms with Crippen LogP contribution in [0.4, 0.5) is 5.82 Å². The van der Waals surface area contributed by atoms with E-state index in [9.17, 15) is 14.9 Å². The van der Waals surface area contributed by atoms with Gasteiger partial charge in [-0.25, -0.2) is 0 Å². The van der Waals surface area contributed by atoms with E-state index in [-0.39, 0.29) is 29.2 Å². The summed E-state index contributed by atoms with van der Waals surface area (Å²) in [6, 6.07) is 18.0. The summed E-state index contributed by atoms with van der Waals surface area (Å²) in [6.45, 7) is 0.0185.